The zero-order valence-electron chi connectivity index (χ0n) is 11.2. The molecule has 1 amide bonds. The Hall–Kier alpha value is -1.62. The number of methoxy groups -OCH3 is 1. The fraction of sp³-hybridized carbons (Fsp3) is 0.538. The van der Waals surface area contributed by atoms with Gasteiger partial charge in [0.05, 0.1) is 6.10 Å². The lowest BCUT2D eigenvalue weighted by molar-refractivity contribution is 0.0870. The Labute approximate surface area is 108 Å². The number of anilines is 1. The van der Waals surface area contributed by atoms with Crippen LogP contribution in [-0.4, -0.2) is 37.2 Å². The topological polar surface area (TPSA) is 63.2 Å². The van der Waals surface area contributed by atoms with Crippen LogP contribution in [0.25, 0.3) is 0 Å². The summed E-state index contributed by atoms with van der Waals surface area (Å²) in [6.07, 6.45) is 2.66. The predicted molar refractivity (Wildman–Crippen MR) is 71.8 cm³/mol. The van der Waals surface area contributed by atoms with Crippen LogP contribution in [0.1, 0.15) is 30.6 Å². The fourth-order valence-electron chi connectivity index (χ4n) is 1.34. The average Bonchev–Trinajstić information content (AvgIpc) is 2.42. The van der Waals surface area contributed by atoms with Crippen molar-refractivity contribution in [1.29, 1.82) is 0 Å². The first-order valence-corrected chi connectivity index (χ1v) is 6.18. The Morgan fingerprint density at radius 3 is 3.00 bits per heavy atom. The maximum absolute atomic E-state index is 11.9. The number of amides is 1. The number of carbonyl (C=O) groups is 1. The number of carbonyl (C=O) groups excluding carboxylic acids is 1. The molecule has 0 aliphatic carbocycles. The Morgan fingerprint density at radius 1 is 1.56 bits per heavy atom. The molecule has 1 atom stereocenters. The van der Waals surface area contributed by atoms with E-state index in [1.54, 1.807) is 25.4 Å². The van der Waals surface area contributed by atoms with E-state index in [1.165, 1.54) is 0 Å². The van der Waals surface area contributed by atoms with Crippen LogP contribution in [0.2, 0.25) is 0 Å². The van der Waals surface area contributed by atoms with Gasteiger partial charge < -0.3 is 15.4 Å². The summed E-state index contributed by atoms with van der Waals surface area (Å²) in [5.74, 6) is 0.616. The maximum atomic E-state index is 11.9. The SMILES string of the molecule is CCCNc1cc(C(=O)NCC(C)OC)ccn1. The Morgan fingerprint density at radius 2 is 2.33 bits per heavy atom. The monoisotopic (exact) mass is 251 g/mol. The summed E-state index contributed by atoms with van der Waals surface area (Å²) in [5.41, 5.74) is 0.604. The lowest BCUT2D eigenvalue weighted by Crippen LogP contribution is -2.31. The Bertz CT molecular complexity index is 382. The summed E-state index contributed by atoms with van der Waals surface area (Å²) in [4.78, 5) is 16.0. The minimum atomic E-state index is -0.110. The lowest BCUT2D eigenvalue weighted by Gasteiger charge is -2.11. The second-order valence-corrected chi connectivity index (χ2v) is 4.11. The second-order valence-electron chi connectivity index (χ2n) is 4.11. The highest BCUT2D eigenvalue weighted by atomic mass is 16.5. The molecule has 2 N–H and O–H groups in total. The van der Waals surface area contributed by atoms with Crippen LogP contribution in [0, 0.1) is 0 Å². The molecule has 1 heterocycles. The number of aromatic nitrogens is 1. The average molecular weight is 251 g/mol. The smallest absolute Gasteiger partial charge is 0.251 e. The quantitative estimate of drug-likeness (QED) is 0.773. The summed E-state index contributed by atoms with van der Waals surface area (Å²) in [6.45, 7) is 5.32. The fourth-order valence-corrected chi connectivity index (χ4v) is 1.34. The van der Waals surface area contributed by atoms with Crippen molar-refractivity contribution in [3.8, 4) is 0 Å². The van der Waals surface area contributed by atoms with E-state index in [9.17, 15) is 4.79 Å². The molecular weight excluding hydrogens is 230 g/mol. The molecule has 100 valence electrons. The van der Waals surface area contributed by atoms with Crippen molar-refractivity contribution in [2.75, 3.05) is 25.5 Å². The lowest BCUT2D eigenvalue weighted by atomic mass is 10.2. The molecule has 1 rings (SSSR count). The molecule has 0 aromatic carbocycles. The number of hydrogen-bond acceptors (Lipinski definition) is 4. The van der Waals surface area contributed by atoms with Gasteiger partial charge in [0.25, 0.3) is 5.91 Å². The second kappa shape index (κ2) is 7.66. The molecule has 0 bridgehead atoms. The summed E-state index contributed by atoms with van der Waals surface area (Å²) in [5, 5.41) is 5.96. The van der Waals surface area contributed by atoms with E-state index in [0.717, 1.165) is 18.8 Å². The van der Waals surface area contributed by atoms with Crippen LogP contribution in [0.4, 0.5) is 5.82 Å². The third-order valence-electron chi connectivity index (χ3n) is 2.53. The minimum Gasteiger partial charge on any atom is -0.380 e. The molecule has 1 unspecified atom stereocenters. The van der Waals surface area contributed by atoms with Crippen molar-refractivity contribution in [2.45, 2.75) is 26.4 Å². The van der Waals surface area contributed by atoms with Crippen molar-refractivity contribution in [1.82, 2.24) is 10.3 Å². The number of hydrogen-bond donors (Lipinski definition) is 2. The summed E-state index contributed by atoms with van der Waals surface area (Å²) < 4.78 is 5.07. The van der Waals surface area contributed by atoms with E-state index in [4.69, 9.17) is 4.74 Å². The van der Waals surface area contributed by atoms with Crippen LogP contribution >= 0.6 is 0 Å². The molecule has 1 aromatic rings. The highest BCUT2D eigenvalue weighted by molar-refractivity contribution is 5.94. The summed E-state index contributed by atoms with van der Waals surface area (Å²) in [6, 6.07) is 3.45. The number of nitrogens with one attached hydrogen (secondary N) is 2. The van der Waals surface area contributed by atoms with Crippen molar-refractivity contribution >= 4 is 11.7 Å². The van der Waals surface area contributed by atoms with E-state index in [0.29, 0.717) is 12.1 Å². The van der Waals surface area contributed by atoms with E-state index in [2.05, 4.69) is 22.5 Å². The maximum Gasteiger partial charge on any atom is 0.251 e. The van der Waals surface area contributed by atoms with E-state index < -0.39 is 0 Å². The Kier molecular flexibility index (Phi) is 6.14. The molecule has 0 aliphatic heterocycles. The third-order valence-corrected chi connectivity index (χ3v) is 2.53. The Balaban J connectivity index is 2.56. The zero-order chi connectivity index (χ0) is 13.4. The molecule has 0 aliphatic rings. The first-order chi connectivity index (χ1) is 8.67. The van der Waals surface area contributed by atoms with E-state index >= 15 is 0 Å². The van der Waals surface area contributed by atoms with Crippen molar-refractivity contribution in [3.05, 3.63) is 23.9 Å². The number of nitrogens with zero attached hydrogens (tertiary/aromatic N) is 1. The molecule has 0 fully saturated rings. The summed E-state index contributed by atoms with van der Waals surface area (Å²) >= 11 is 0. The molecule has 0 saturated carbocycles. The number of ether oxygens (including phenoxy) is 1. The standard InChI is InChI=1S/C13H21N3O2/c1-4-6-14-12-8-11(5-7-15-12)13(17)16-9-10(2)18-3/h5,7-8,10H,4,6,9H2,1-3H3,(H,14,15)(H,16,17). The van der Waals surface area contributed by atoms with Gasteiger partial charge in [-0.15, -0.1) is 0 Å². The molecule has 18 heavy (non-hydrogen) atoms. The van der Waals surface area contributed by atoms with Crippen LogP contribution < -0.4 is 10.6 Å². The molecule has 0 radical (unpaired) electrons. The van der Waals surface area contributed by atoms with E-state index in [-0.39, 0.29) is 12.0 Å². The van der Waals surface area contributed by atoms with Gasteiger partial charge in [0.1, 0.15) is 5.82 Å². The highest BCUT2D eigenvalue weighted by Crippen LogP contribution is 2.06. The largest absolute Gasteiger partial charge is 0.380 e. The normalized spacial score (nSPS) is 11.9. The third kappa shape index (κ3) is 4.71. The highest BCUT2D eigenvalue weighted by Gasteiger charge is 2.08. The predicted octanol–water partition coefficient (Wildman–Crippen LogP) is 1.67. The van der Waals surface area contributed by atoms with Crippen molar-refractivity contribution < 1.29 is 9.53 Å². The van der Waals surface area contributed by atoms with E-state index in [1.807, 2.05) is 6.92 Å². The van der Waals surface area contributed by atoms with Crippen molar-refractivity contribution in [2.24, 2.45) is 0 Å². The first kappa shape index (κ1) is 14.4. The molecule has 5 nitrogen and oxygen atoms in total. The van der Waals surface area contributed by atoms with Crippen LogP contribution in [0.3, 0.4) is 0 Å². The molecule has 0 spiro atoms. The molecular formula is C13H21N3O2. The van der Waals surface area contributed by atoms with Crippen molar-refractivity contribution in [3.63, 3.8) is 0 Å². The van der Waals surface area contributed by atoms with Crippen LogP contribution in [-0.2, 0) is 4.74 Å². The van der Waals surface area contributed by atoms with Gasteiger partial charge in [-0.3, -0.25) is 4.79 Å². The number of pyridine rings is 1. The van der Waals surface area contributed by atoms with Gasteiger partial charge in [0.15, 0.2) is 0 Å². The van der Waals surface area contributed by atoms with Gasteiger partial charge in [-0.2, -0.15) is 0 Å². The van der Waals surface area contributed by atoms with Gasteiger partial charge in [0.2, 0.25) is 0 Å². The zero-order valence-corrected chi connectivity index (χ0v) is 11.2. The summed E-state index contributed by atoms with van der Waals surface area (Å²) in [7, 11) is 1.62. The minimum absolute atomic E-state index is 0.00785. The van der Waals surface area contributed by atoms with Crippen LogP contribution in [0.5, 0.6) is 0 Å². The molecule has 1 aromatic heterocycles. The molecule has 0 saturated heterocycles. The van der Waals surface area contributed by atoms with Gasteiger partial charge in [-0.05, 0) is 25.5 Å². The van der Waals surface area contributed by atoms with Crippen LogP contribution in [0.15, 0.2) is 18.3 Å². The number of rotatable bonds is 7. The van der Waals surface area contributed by atoms with Gasteiger partial charge >= 0.3 is 0 Å². The van der Waals surface area contributed by atoms with Gasteiger partial charge in [0, 0.05) is 32.0 Å². The van der Waals surface area contributed by atoms with Gasteiger partial charge in [-0.25, -0.2) is 4.98 Å². The first-order valence-electron chi connectivity index (χ1n) is 6.18. The van der Waals surface area contributed by atoms with Gasteiger partial charge in [-0.1, -0.05) is 6.92 Å². The molecule has 5 heteroatoms.